The number of hydrogen-bond acceptors (Lipinski definition) is 5. The molecule has 14 heteroatoms. The fraction of sp³-hybridized carbons (Fsp3) is 0.444. The minimum atomic E-state index is -4.72. The number of halogens is 6. The Morgan fingerprint density at radius 1 is 1.25 bits per heavy atom. The summed E-state index contributed by atoms with van der Waals surface area (Å²) in [5.74, 6) is -1.43. The quantitative estimate of drug-likeness (QED) is 0.683. The Bertz CT molecular complexity index is 1070. The molecule has 2 saturated heterocycles. The van der Waals surface area contributed by atoms with Crippen molar-refractivity contribution in [2.45, 2.75) is 31.1 Å². The van der Waals surface area contributed by atoms with Crippen LogP contribution >= 0.6 is 11.6 Å². The van der Waals surface area contributed by atoms with Gasteiger partial charge >= 0.3 is 6.18 Å². The molecule has 0 aromatic carbocycles. The lowest BCUT2D eigenvalue weighted by atomic mass is 10.1. The third-order valence-electron chi connectivity index (χ3n) is 5.49. The van der Waals surface area contributed by atoms with Crippen LogP contribution in [-0.4, -0.2) is 68.1 Å². The van der Waals surface area contributed by atoms with E-state index < -0.39 is 52.2 Å². The first-order valence-corrected chi connectivity index (χ1v) is 9.81. The molecule has 32 heavy (non-hydrogen) atoms. The van der Waals surface area contributed by atoms with Crippen LogP contribution in [0.2, 0.25) is 5.02 Å². The lowest BCUT2D eigenvalue weighted by molar-refractivity contribution is -0.137. The summed E-state index contributed by atoms with van der Waals surface area (Å²) in [4.78, 5) is 31.4. The fourth-order valence-corrected chi connectivity index (χ4v) is 4.20. The molecule has 0 spiro atoms. The molecule has 2 amide bonds. The molecule has 4 heterocycles. The molecular formula is C18H16ClF5N6O2. The third-order valence-corrected chi connectivity index (χ3v) is 5.77. The van der Waals surface area contributed by atoms with Crippen LogP contribution < -0.4 is 5.73 Å². The van der Waals surface area contributed by atoms with Gasteiger partial charge in [-0.05, 0) is 12.5 Å². The minimum absolute atomic E-state index is 0.112. The summed E-state index contributed by atoms with van der Waals surface area (Å²) < 4.78 is 66.9. The normalized spacial score (nSPS) is 21.4. The van der Waals surface area contributed by atoms with Gasteiger partial charge in [0.25, 0.3) is 12.3 Å². The second kappa shape index (κ2) is 7.96. The summed E-state index contributed by atoms with van der Waals surface area (Å²) in [5.41, 5.74) is 3.33. The van der Waals surface area contributed by atoms with Crippen molar-refractivity contribution in [3.05, 3.63) is 40.3 Å². The van der Waals surface area contributed by atoms with Crippen molar-refractivity contribution < 1.29 is 31.5 Å². The zero-order valence-corrected chi connectivity index (χ0v) is 16.9. The van der Waals surface area contributed by atoms with E-state index in [2.05, 4.69) is 10.1 Å². The summed E-state index contributed by atoms with van der Waals surface area (Å²) in [6.07, 6.45) is -6.23. The first kappa shape index (κ1) is 22.4. The van der Waals surface area contributed by atoms with Crippen molar-refractivity contribution in [2.24, 2.45) is 5.73 Å². The molecule has 8 nitrogen and oxygen atoms in total. The number of piperazine rings is 1. The third kappa shape index (κ3) is 3.79. The maximum Gasteiger partial charge on any atom is 0.417 e. The Morgan fingerprint density at radius 3 is 2.59 bits per heavy atom. The Kier molecular flexibility index (Phi) is 5.57. The van der Waals surface area contributed by atoms with E-state index in [-0.39, 0.29) is 31.6 Å². The molecule has 2 fully saturated rings. The van der Waals surface area contributed by atoms with E-state index in [1.807, 2.05) is 0 Å². The minimum Gasteiger partial charge on any atom is -0.335 e. The van der Waals surface area contributed by atoms with Crippen molar-refractivity contribution >= 4 is 23.4 Å². The molecule has 4 rings (SSSR count). The smallest absolute Gasteiger partial charge is 0.335 e. The molecule has 0 radical (unpaired) electrons. The highest BCUT2D eigenvalue weighted by Crippen LogP contribution is 2.34. The molecule has 0 aliphatic carbocycles. The summed E-state index contributed by atoms with van der Waals surface area (Å²) >= 11 is 5.86. The molecule has 2 N–H and O–H groups in total. The van der Waals surface area contributed by atoms with Crippen LogP contribution in [0.25, 0.3) is 5.82 Å². The van der Waals surface area contributed by atoms with Crippen LogP contribution in [-0.2, 0) is 11.0 Å². The van der Waals surface area contributed by atoms with Gasteiger partial charge in [-0.2, -0.15) is 18.3 Å². The number of fused-ring (bicyclic) bond motifs is 1. The number of nitrogens with two attached hydrogens (primary N) is 1. The van der Waals surface area contributed by atoms with Crippen LogP contribution in [0.5, 0.6) is 0 Å². The topological polar surface area (TPSA) is 97.3 Å². The molecule has 2 atom stereocenters. The highest BCUT2D eigenvalue weighted by atomic mass is 35.5. The molecule has 2 aromatic heterocycles. The van der Waals surface area contributed by atoms with Crippen molar-refractivity contribution in [1.29, 1.82) is 0 Å². The number of pyridine rings is 1. The van der Waals surface area contributed by atoms with E-state index in [0.29, 0.717) is 23.4 Å². The van der Waals surface area contributed by atoms with Crippen LogP contribution in [0.1, 0.15) is 34.5 Å². The number of alkyl halides is 5. The van der Waals surface area contributed by atoms with Gasteiger partial charge in [0.2, 0.25) is 5.91 Å². The number of carbonyl (C=O) groups excluding carboxylic acids is 2. The highest BCUT2D eigenvalue weighted by Gasteiger charge is 2.42. The van der Waals surface area contributed by atoms with Crippen molar-refractivity contribution in [2.75, 3.05) is 19.6 Å². The number of rotatable bonds is 3. The van der Waals surface area contributed by atoms with Crippen molar-refractivity contribution in [3.8, 4) is 5.82 Å². The Labute approximate surface area is 182 Å². The van der Waals surface area contributed by atoms with E-state index in [9.17, 15) is 31.5 Å². The Balaban J connectivity index is 1.65. The van der Waals surface area contributed by atoms with E-state index in [1.165, 1.54) is 4.90 Å². The maximum absolute atomic E-state index is 13.9. The second-order valence-corrected chi connectivity index (χ2v) is 7.87. The van der Waals surface area contributed by atoms with Gasteiger partial charge in [-0.15, -0.1) is 0 Å². The molecule has 2 unspecified atom stereocenters. The zero-order chi connectivity index (χ0) is 23.4. The molecule has 2 aromatic rings. The van der Waals surface area contributed by atoms with E-state index in [1.54, 1.807) is 4.90 Å². The summed E-state index contributed by atoms with van der Waals surface area (Å²) in [6, 6.07) is -0.435. The van der Waals surface area contributed by atoms with Gasteiger partial charge in [0.15, 0.2) is 5.82 Å². The van der Waals surface area contributed by atoms with E-state index >= 15 is 0 Å². The van der Waals surface area contributed by atoms with Gasteiger partial charge in [0.1, 0.15) is 5.69 Å². The van der Waals surface area contributed by atoms with Gasteiger partial charge in [-0.3, -0.25) is 9.59 Å². The summed E-state index contributed by atoms with van der Waals surface area (Å²) in [5, 5.41) is 3.18. The Morgan fingerprint density at radius 2 is 1.97 bits per heavy atom. The Hall–Kier alpha value is -2.80. The van der Waals surface area contributed by atoms with Crippen LogP contribution in [0.15, 0.2) is 18.5 Å². The fourth-order valence-electron chi connectivity index (χ4n) is 3.95. The van der Waals surface area contributed by atoms with Gasteiger partial charge in [-0.25, -0.2) is 18.4 Å². The predicted molar refractivity (Wildman–Crippen MR) is 100 cm³/mol. The molecule has 0 bridgehead atoms. The number of aromatic nitrogens is 3. The predicted octanol–water partition coefficient (Wildman–Crippen LogP) is 2.26. The number of amides is 2. The molecule has 172 valence electrons. The standard InChI is InChI=1S/C18H16ClF5N6O2/c19-11-3-8(18(22,23)24)5-26-15(11)30-13(14(20)21)10(6-27-30)16(31)28-1-2-29-9(7-28)4-12(25)17(29)32/h3,5-6,9,12,14H,1-2,4,7,25H2. The van der Waals surface area contributed by atoms with Gasteiger partial charge < -0.3 is 15.5 Å². The lowest BCUT2D eigenvalue weighted by Crippen LogP contribution is -2.53. The maximum atomic E-state index is 13.9. The molecule has 2 aliphatic heterocycles. The van der Waals surface area contributed by atoms with Gasteiger partial charge in [0.05, 0.1) is 34.4 Å². The van der Waals surface area contributed by atoms with Gasteiger partial charge in [-0.1, -0.05) is 11.6 Å². The largest absolute Gasteiger partial charge is 0.417 e. The molecule has 0 saturated carbocycles. The van der Waals surface area contributed by atoms with E-state index in [4.69, 9.17) is 17.3 Å². The first-order chi connectivity index (χ1) is 15.0. The van der Waals surface area contributed by atoms with Crippen LogP contribution in [0, 0.1) is 0 Å². The van der Waals surface area contributed by atoms with E-state index in [0.717, 1.165) is 6.20 Å². The molecular weight excluding hydrogens is 463 g/mol. The monoisotopic (exact) mass is 478 g/mol. The number of hydrogen-bond donors (Lipinski definition) is 1. The van der Waals surface area contributed by atoms with Crippen molar-refractivity contribution in [3.63, 3.8) is 0 Å². The molecule has 2 aliphatic rings. The second-order valence-electron chi connectivity index (χ2n) is 7.46. The summed E-state index contributed by atoms with van der Waals surface area (Å²) in [7, 11) is 0. The zero-order valence-electron chi connectivity index (χ0n) is 16.2. The highest BCUT2D eigenvalue weighted by molar-refractivity contribution is 6.32. The lowest BCUT2D eigenvalue weighted by Gasteiger charge is -2.37. The SMILES string of the molecule is NC1CC2CN(C(=O)c3cnn(-c4ncc(C(F)(F)F)cc4Cl)c3C(F)F)CCN2C1=O. The van der Waals surface area contributed by atoms with Gasteiger partial charge in [0, 0.05) is 25.8 Å². The van der Waals surface area contributed by atoms with Crippen molar-refractivity contribution in [1.82, 2.24) is 24.6 Å². The number of carbonyl (C=O) groups is 2. The summed E-state index contributed by atoms with van der Waals surface area (Å²) in [6.45, 7) is 0.444. The average Bonchev–Trinajstić information content (AvgIpc) is 3.28. The van der Waals surface area contributed by atoms with Crippen LogP contribution in [0.4, 0.5) is 22.0 Å². The average molecular weight is 479 g/mol. The first-order valence-electron chi connectivity index (χ1n) is 9.43. The van der Waals surface area contributed by atoms with Crippen LogP contribution in [0.3, 0.4) is 0 Å². The number of nitrogens with zero attached hydrogens (tertiary/aromatic N) is 5.